The molecule has 21 heavy (non-hydrogen) atoms. The molecule has 1 aromatic carbocycles. The molecule has 1 aromatic heterocycles. The van der Waals surface area contributed by atoms with E-state index >= 15 is 0 Å². The summed E-state index contributed by atoms with van der Waals surface area (Å²) in [5.41, 5.74) is 0.837. The van der Waals surface area contributed by atoms with Gasteiger partial charge >= 0.3 is 0 Å². The van der Waals surface area contributed by atoms with Gasteiger partial charge in [-0.3, -0.25) is 0 Å². The molecule has 0 spiro atoms. The molecule has 0 amide bonds. The predicted molar refractivity (Wildman–Crippen MR) is 84.8 cm³/mol. The largest absolute Gasteiger partial charge is 0.493 e. The Morgan fingerprint density at radius 1 is 1.48 bits per heavy atom. The van der Waals surface area contributed by atoms with E-state index in [4.69, 9.17) is 9.15 Å². The number of likely N-dealkylation sites (tertiary alicyclic amines) is 1. The molecule has 1 saturated heterocycles. The number of hydrogen-bond donors (Lipinski definition) is 1. The highest BCUT2D eigenvalue weighted by molar-refractivity contribution is 5.83. The first-order valence-electron chi connectivity index (χ1n) is 7.65. The van der Waals surface area contributed by atoms with Gasteiger partial charge in [-0.25, -0.2) is 0 Å². The molecule has 4 heteroatoms. The van der Waals surface area contributed by atoms with Gasteiger partial charge in [-0.05, 0) is 51.5 Å². The third-order valence-electron chi connectivity index (χ3n) is 4.38. The highest BCUT2D eigenvalue weighted by atomic mass is 16.5. The number of rotatable bonds is 5. The predicted octanol–water partition coefficient (Wildman–Crippen LogP) is 3.04. The molecule has 3 rings (SSSR count). The van der Waals surface area contributed by atoms with Crippen molar-refractivity contribution in [1.29, 1.82) is 0 Å². The molecular weight excluding hydrogens is 264 g/mol. The van der Waals surface area contributed by atoms with Gasteiger partial charge in [0.25, 0.3) is 0 Å². The van der Waals surface area contributed by atoms with E-state index in [1.54, 1.807) is 7.11 Å². The molecule has 4 nitrogen and oxygen atoms in total. The third-order valence-corrected chi connectivity index (χ3v) is 4.38. The van der Waals surface area contributed by atoms with Crippen LogP contribution in [0, 0.1) is 5.92 Å². The Morgan fingerprint density at radius 3 is 3.05 bits per heavy atom. The summed E-state index contributed by atoms with van der Waals surface area (Å²) in [6, 6.07) is 8.31. The number of methoxy groups -OCH3 is 1. The number of fused-ring (bicyclic) bond motifs is 1. The molecule has 2 heterocycles. The molecule has 0 bridgehead atoms. The Morgan fingerprint density at radius 2 is 2.33 bits per heavy atom. The van der Waals surface area contributed by atoms with Crippen molar-refractivity contribution in [2.45, 2.75) is 19.4 Å². The summed E-state index contributed by atoms with van der Waals surface area (Å²) in [5.74, 6) is 2.51. The minimum atomic E-state index is 0.216. The minimum Gasteiger partial charge on any atom is -0.493 e. The molecule has 1 fully saturated rings. The molecule has 2 atom stereocenters. The van der Waals surface area contributed by atoms with Gasteiger partial charge in [0.1, 0.15) is 5.76 Å². The minimum absolute atomic E-state index is 0.216. The Balaban J connectivity index is 1.68. The second-order valence-corrected chi connectivity index (χ2v) is 6.07. The van der Waals surface area contributed by atoms with Crippen molar-refractivity contribution >= 4 is 11.0 Å². The first kappa shape index (κ1) is 14.4. The van der Waals surface area contributed by atoms with Crippen LogP contribution in [0.4, 0.5) is 0 Å². The van der Waals surface area contributed by atoms with E-state index in [0.717, 1.165) is 34.9 Å². The summed E-state index contributed by atoms with van der Waals surface area (Å²) >= 11 is 0. The first-order valence-corrected chi connectivity index (χ1v) is 7.65. The Bertz CT molecular complexity index is 608. The van der Waals surface area contributed by atoms with Gasteiger partial charge in [0.05, 0.1) is 13.2 Å². The van der Waals surface area contributed by atoms with Crippen LogP contribution in [-0.4, -0.2) is 38.7 Å². The number of ether oxygens (including phenoxy) is 1. The maximum atomic E-state index is 5.99. The topological polar surface area (TPSA) is 37.6 Å². The summed E-state index contributed by atoms with van der Waals surface area (Å²) in [7, 11) is 3.87. The van der Waals surface area contributed by atoms with Crippen LogP contribution in [0.5, 0.6) is 5.75 Å². The smallest absolute Gasteiger partial charge is 0.176 e. The number of para-hydroxylation sites is 1. The average Bonchev–Trinajstić information content (AvgIpc) is 3.10. The molecule has 0 saturated carbocycles. The number of nitrogens with one attached hydrogen (secondary N) is 1. The van der Waals surface area contributed by atoms with Crippen LogP contribution in [0.2, 0.25) is 0 Å². The summed E-state index contributed by atoms with van der Waals surface area (Å²) < 4.78 is 11.3. The maximum Gasteiger partial charge on any atom is 0.176 e. The SMILES string of the molecule is COc1cccc2cc(C(C)NCC3CCN(C)C3)oc12. The van der Waals surface area contributed by atoms with Crippen LogP contribution >= 0.6 is 0 Å². The molecule has 2 aromatic rings. The van der Waals surface area contributed by atoms with E-state index in [0.29, 0.717) is 0 Å². The van der Waals surface area contributed by atoms with Crippen molar-refractivity contribution in [1.82, 2.24) is 10.2 Å². The van der Waals surface area contributed by atoms with E-state index < -0.39 is 0 Å². The van der Waals surface area contributed by atoms with Crippen LogP contribution in [0.3, 0.4) is 0 Å². The van der Waals surface area contributed by atoms with Crippen molar-refractivity contribution < 1.29 is 9.15 Å². The third kappa shape index (κ3) is 3.06. The van der Waals surface area contributed by atoms with Crippen molar-refractivity contribution in [3.8, 4) is 5.75 Å². The Labute approximate surface area is 126 Å². The highest BCUT2D eigenvalue weighted by Gasteiger charge is 2.21. The second-order valence-electron chi connectivity index (χ2n) is 6.07. The number of furan rings is 1. The maximum absolute atomic E-state index is 5.99. The van der Waals surface area contributed by atoms with Crippen molar-refractivity contribution in [3.05, 3.63) is 30.0 Å². The molecule has 1 aliphatic rings. The van der Waals surface area contributed by atoms with E-state index in [2.05, 4.69) is 36.3 Å². The zero-order valence-corrected chi connectivity index (χ0v) is 13.1. The van der Waals surface area contributed by atoms with Gasteiger partial charge < -0.3 is 19.4 Å². The lowest BCUT2D eigenvalue weighted by molar-refractivity contribution is 0.369. The molecule has 1 N–H and O–H groups in total. The van der Waals surface area contributed by atoms with Crippen LogP contribution in [-0.2, 0) is 0 Å². The number of nitrogens with zero attached hydrogens (tertiary/aromatic N) is 1. The summed E-state index contributed by atoms with van der Waals surface area (Å²) in [6.45, 7) is 5.60. The van der Waals surface area contributed by atoms with E-state index in [9.17, 15) is 0 Å². The van der Waals surface area contributed by atoms with Crippen molar-refractivity contribution in [3.63, 3.8) is 0 Å². The standard InChI is InChI=1S/C17H24N2O2/c1-12(18-10-13-7-8-19(2)11-13)16-9-14-5-4-6-15(20-3)17(14)21-16/h4-6,9,12-13,18H,7-8,10-11H2,1-3H3. The first-order chi connectivity index (χ1) is 10.2. The van der Waals surface area contributed by atoms with E-state index in [1.807, 2.05) is 12.1 Å². The quantitative estimate of drug-likeness (QED) is 0.917. The second kappa shape index (κ2) is 6.08. The van der Waals surface area contributed by atoms with Crippen molar-refractivity contribution in [2.75, 3.05) is 33.8 Å². The van der Waals surface area contributed by atoms with Gasteiger partial charge in [-0.1, -0.05) is 12.1 Å². The number of hydrogen-bond acceptors (Lipinski definition) is 4. The van der Waals surface area contributed by atoms with Gasteiger partial charge in [0, 0.05) is 11.9 Å². The van der Waals surface area contributed by atoms with Gasteiger partial charge in [0.2, 0.25) is 0 Å². The van der Waals surface area contributed by atoms with Crippen molar-refractivity contribution in [2.24, 2.45) is 5.92 Å². The lowest BCUT2D eigenvalue weighted by atomic mass is 10.1. The average molecular weight is 288 g/mol. The number of benzene rings is 1. The lowest BCUT2D eigenvalue weighted by Gasteiger charge is -2.15. The zero-order valence-electron chi connectivity index (χ0n) is 13.1. The molecule has 1 aliphatic heterocycles. The van der Waals surface area contributed by atoms with Gasteiger partial charge in [-0.2, -0.15) is 0 Å². The fourth-order valence-corrected chi connectivity index (χ4v) is 3.07. The normalized spacial score (nSPS) is 21.0. The monoisotopic (exact) mass is 288 g/mol. The van der Waals surface area contributed by atoms with E-state index in [1.165, 1.54) is 19.5 Å². The van der Waals surface area contributed by atoms with E-state index in [-0.39, 0.29) is 6.04 Å². The molecule has 2 unspecified atom stereocenters. The van der Waals surface area contributed by atoms with Gasteiger partial charge in [0.15, 0.2) is 11.3 Å². The lowest BCUT2D eigenvalue weighted by Crippen LogP contribution is -2.27. The van der Waals surface area contributed by atoms with Crippen LogP contribution < -0.4 is 10.1 Å². The summed E-state index contributed by atoms with van der Waals surface area (Å²) in [5, 5.41) is 4.69. The molecule has 0 radical (unpaired) electrons. The summed E-state index contributed by atoms with van der Waals surface area (Å²) in [4.78, 5) is 2.39. The molecular formula is C17H24N2O2. The Hall–Kier alpha value is -1.52. The zero-order chi connectivity index (χ0) is 14.8. The Kier molecular flexibility index (Phi) is 4.17. The van der Waals surface area contributed by atoms with Gasteiger partial charge in [-0.15, -0.1) is 0 Å². The summed E-state index contributed by atoms with van der Waals surface area (Å²) in [6.07, 6.45) is 1.28. The molecule has 0 aliphatic carbocycles. The fraction of sp³-hybridized carbons (Fsp3) is 0.529. The highest BCUT2D eigenvalue weighted by Crippen LogP contribution is 2.31. The van der Waals surface area contributed by atoms with Crippen LogP contribution in [0.15, 0.2) is 28.7 Å². The van der Waals surface area contributed by atoms with Crippen LogP contribution in [0.25, 0.3) is 11.0 Å². The van der Waals surface area contributed by atoms with Crippen LogP contribution in [0.1, 0.15) is 25.1 Å². The fourth-order valence-electron chi connectivity index (χ4n) is 3.07. The molecule has 114 valence electrons.